The fourth-order valence-electron chi connectivity index (χ4n) is 2.75. The van der Waals surface area contributed by atoms with Crippen molar-refractivity contribution in [3.63, 3.8) is 0 Å². The molecule has 2 rings (SSSR count). The Morgan fingerprint density at radius 1 is 1.24 bits per heavy atom. The van der Waals surface area contributed by atoms with E-state index in [1.807, 2.05) is 11.8 Å². The molecule has 0 radical (unpaired) electrons. The Bertz CT molecular complexity index is 506. The minimum atomic E-state index is -1.55. The zero-order valence-electron chi connectivity index (χ0n) is 12.2. The van der Waals surface area contributed by atoms with E-state index in [1.165, 1.54) is 0 Å². The van der Waals surface area contributed by atoms with E-state index in [4.69, 9.17) is 4.74 Å². The average Bonchev–Trinajstić information content (AvgIpc) is 2.52. The van der Waals surface area contributed by atoms with Gasteiger partial charge in [-0.05, 0) is 19.4 Å². The number of hydrogen-bond donors (Lipinski definition) is 1. The van der Waals surface area contributed by atoms with Crippen molar-refractivity contribution in [1.82, 2.24) is 4.90 Å². The third kappa shape index (κ3) is 2.93. The summed E-state index contributed by atoms with van der Waals surface area (Å²) >= 11 is 0. The Labute approximate surface area is 122 Å². The lowest BCUT2D eigenvalue weighted by Gasteiger charge is -2.46. The molecule has 1 aliphatic rings. The maximum absolute atomic E-state index is 13.9. The maximum atomic E-state index is 13.9. The van der Waals surface area contributed by atoms with Crippen molar-refractivity contribution in [2.45, 2.75) is 31.9 Å². The van der Waals surface area contributed by atoms with Crippen molar-refractivity contribution in [3.8, 4) is 0 Å². The fourth-order valence-corrected chi connectivity index (χ4v) is 2.75. The molecule has 2 atom stereocenters. The van der Waals surface area contributed by atoms with Crippen LogP contribution in [0.1, 0.15) is 31.9 Å². The lowest BCUT2D eigenvalue weighted by atomic mass is 9.84. The van der Waals surface area contributed by atoms with Crippen molar-refractivity contribution in [3.05, 3.63) is 35.1 Å². The molecule has 0 spiro atoms. The molecule has 6 heteroatoms. The van der Waals surface area contributed by atoms with Gasteiger partial charge in [-0.3, -0.25) is 4.90 Å². The molecular weight excluding hydrogens is 283 g/mol. The van der Waals surface area contributed by atoms with Crippen molar-refractivity contribution in [2.75, 3.05) is 26.3 Å². The molecule has 1 aliphatic heterocycles. The summed E-state index contributed by atoms with van der Waals surface area (Å²) in [6, 6.07) is 1.94. The highest BCUT2D eigenvalue weighted by molar-refractivity contribution is 5.25. The molecule has 1 saturated heterocycles. The highest BCUT2D eigenvalue weighted by Crippen LogP contribution is 2.36. The number of rotatable bonds is 4. The number of ether oxygens (including phenoxy) is 1. The highest BCUT2D eigenvalue weighted by Gasteiger charge is 2.40. The number of aliphatic hydroxyl groups is 1. The number of halogens is 3. The molecule has 2 unspecified atom stereocenters. The summed E-state index contributed by atoms with van der Waals surface area (Å²) in [6.07, 6.45) is -0.720. The van der Waals surface area contributed by atoms with Crippen LogP contribution < -0.4 is 0 Å². The van der Waals surface area contributed by atoms with Gasteiger partial charge in [-0.2, -0.15) is 0 Å². The van der Waals surface area contributed by atoms with Gasteiger partial charge in [-0.25, -0.2) is 13.2 Å². The van der Waals surface area contributed by atoms with Gasteiger partial charge in [0.15, 0.2) is 17.5 Å². The van der Waals surface area contributed by atoms with E-state index in [0.717, 1.165) is 12.1 Å². The molecule has 0 aliphatic carbocycles. The fraction of sp³-hybridized carbons (Fsp3) is 0.600. The molecule has 0 amide bonds. The highest BCUT2D eigenvalue weighted by atomic mass is 19.2. The lowest BCUT2D eigenvalue weighted by molar-refractivity contribution is -0.0745. The Morgan fingerprint density at radius 2 is 1.86 bits per heavy atom. The molecule has 0 aromatic heterocycles. The van der Waals surface area contributed by atoms with Gasteiger partial charge >= 0.3 is 0 Å². The molecule has 1 N–H and O–H groups in total. The van der Waals surface area contributed by atoms with Crippen LogP contribution in [-0.2, 0) is 4.74 Å². The monoisotopic (exact) mass is 303 g/mol. The van der Waals surface area contributed by atoms with Crippen LogP contribution >= 0.6 is 0 Å². The number of benzene rings is 1. The second kappa shape index (κ2) is 6.34. The molecule has 3 nitrogen and oxygen atoms in total. The summed E-state index contributed by atoms with van der Waals surface area (Å²) in [6.45, 7) is 5.94. The Kier molecular flexibility index (Phi) is 4.91. The standard InChI is InChI=1S/C15H20F3NO2/c1-3-15(2,19-6-8-21-9-7-19)14(20)10-4-5-11(16)13(18)12(10)17/h4-5,14,20H,3,6-9H2,1-2H3. The topological polar surface area (TPSA) is 32.7 Å². The van der Waals surface area contributed by atoms with Crippen LogP contribution in [0.3, 0.4) is 0 Å². The second-order valence-corrected chi connectivity index (χ2v) is 5.48. The second-order valence-electron chi connectivity index (χ2n) is 5.48. The summed E-state index contributed by atoms with van der Waals surface area (Å²) in [5, 5.41) is 10.6. The quantitative estimate of drug-likeness (QED) is 0.868. The first-order valence-corrected chi connectivity index (χ1v) is 7.06. The first-order valence-electron chi connectivity index (χ1n) is 7.06. The van der Waals surface area contributed by atoms with Crippen molar-refractivity contribution in [1.29, 1.82) is 0 Å². The SMILES string of the molecule is CCC(C)(C(O)c1ccc(F)c(F)c1F)N1CCOCC1. The van der Waals surface area contributed by atoms with Gasteiger partial charge < -0.3 is 9.84 Å². The Hall–Kier alpha value is -1.11. The summed E-state index contributed by atoms with van der Waals surface area (Å²) in [5.41, 5.74) is -0.987. The van der Waals surface area contributed by atoms with E-state index in [1.54, 1.807) is 6.92 Å². The van der Waals surface area contributed by atoms with Gasteiger partial charge in [-0.1, -0.05) is 13.0 Å². The van der Waals surface area contributed by atoms with E-state index in [9.17, 15) is 18.3 Å². The molecule has 0 saturated carbocycles. The van der Waals surface area contributed by atoms with E-state index in [0.29, 0.717) is 32.7 Å². The first-order chi connectivity index (χ1) is 9.91. The normalized spacial score (nSPS) is 21.0. The van der Waals surface area contributed by atoms with Crippen molar-refractivity contribution >= 4 is 0 Å². The van der Waals surface area contributed by atoms with E-state index in [2.05, 4.69) is 0 Å². The lowest BCUT2D eigenvalue weighted by Crippen LogP contribution is -2.54. The van der Waals surface area contributed by atoms with Crippen LogP contribution in [0.15, 0.2) is 12.1 Å². The molecule has 1 aromatic carbocycles. The van der Waals surface area contributed by atoms with Gasteiger partial charge in [0, 0.05) is 24.2 Å². The van der Waals surface area contributed by atoms with Crippen LogP contribution in [0.4, 0.5) is 13.2 Å². The summed E-state index contributed by atoms with van der Waals surface area (Å²) in [4.78, 5) is 2.00. The van der Waals surface area contributed by atoms with Gasteiger partial charge in [0.25, 0.3) is 0 Å². The van der Waals surface area contributed by atoms with Crippen LogP contribution in [0.5, 0.6) is 0 Å². The minimum absolute atomic E-state index is 0.218. The number of nitrogens with zero attached hydrogens (tertiary/aromatic N) is 1. The summed E-state index contributed by atoms with van der Waals surface area (Å²) in [7, 11) is 0. The number of aliphatic hydroxyl groups excluding tert-OH is 1. The van der Waals surface area contributed by atoms with Crippen LogP contribution in [0.2, 0.25) is 0 Å². The van der Waals surface area contributed by atoms with E-state index in [-0.39, 0.29) is 5.56 Å². The largest absolute Gasteiger partial charge is 0.386 e. The number of hydrogen-bond acceptors (Lipinski definition) is 3. The molecule has 118 valence electrons. The van der Waals surface area contributed by atoms with Gasteiger partial charge in [0.2, 0.25) is 0 Å². The maximum Gasteiger partial charge on any atom is 0.194 e. The minimum Gasteiger partial charge on any atom is -0.386 e. The predicted octanol–water partition coefficient (Wildman–Crippen LogP) is 2.64. The first kappa shape index (κ1) is 16.3. The van der Waals surface area contributed by atoms with E-state index < -0.39 is 29.1 Å². The average molecular weight is 303 g/mol. The van der Waals surface area contributed by atoms with Gasteiger partial charge in [-0.15, -0.1) is 0 Å². The predicted molar refractivity (Wildman–Crippen MR) is 72.4 cm³/mol. The smallest absolute Gasteiger partial charge is 0.194 e. The zero-order valence-corrected chi connectivity index (χ0v) is 12.2. The molecule has 21 heavy (non-hydrogen) atoms. The summed E-state index contributed by atoms with van der Waals surface area (Å²) in [5.74, 6) is -4.13. The van der Waals surface area contributed by atoms with Crippen LogP contribution in [0, 0.1) is 17.5 Å². The molecule has 1 fully saturated rings. The molecular formula is C15H20F3NO2. The third-order valence-electron chi connectivity index (χ3n) is 4.40. The van der Waals surface area contributed by atoms with Crippen molar-refractivity contribution < 1.29 is 23.0 Å². The van der Waals surface area contributed by atoms with Gasteiger partial charge in [0.05, 0.1) is 19.3 Å². The molecule has 0 bridgehead atoms. The van der Waals surface area contributed by atoms with Crippen LogP contribution in [0.25, 0.3) is 0 Å². The molecule has 1 aromatic rings. The summed E-state index contributed by atoms with van der Waals surface area (Å²) < 4.78 is 45.6. The van der Waals surface area contributed by atoms with Crippen molar-refractivity contribution in [2.24, 2.45) is 0 Å². The van der Waals surface area contributed by atoms with Gasteiger partial charge in [0.1, 0.15) is 0 Å². The molecule has 1 heterocycles. The van der Waals surface area contributed by atoms with Crippen LogP contribution in [-0.4, -0.2) is 41.8 Å². The zero-order chi connectivity index (χ0) is 15.6. The van der Waals surface area contributed by atoms with E-state index >= 15 is 0 Å². The third-order valence-corrected chi connectivity index (χ3v) is 4.40. The Morgan fingerprint density at radius 3 is 2.43 bits per heavy atom. The number of morpholine rings is 1. The Balaban J connectivity index is 2.35.